The van der Waals surface area contributed by atoms with Gasteiger partial charge in [-0.3, -0.25) is 4.79 Å². The van der Waals surface area contributed by atoms with Gasteiger partial charge in [0.05, 0.1) is 40.5 Å². The zero-order valence-electron chi connectivity index (χ0n) is 19.1. The molecule has 35 heavy (non-hydrogen) atoms. The minimum atomic E-state index is -0.688. The summed E-state index contributed by atoms with van der Waals surface area (Å²) in [7, 11) is 1.51. The molecular weight excluding hydrogens is 509 g/mol. The normalized spacial score (nSPS) is 15.3. The highest BCUT2D eigenvalue weighted by Crippen LogP contribution is 2.41. The molecule has 1 atom stereocenters. The molecule has 1 amide bonds. The van der Waals surface area contributed by atoms with Crippen molar-refractivity contribution in [1.82, 2.24) is 5.32 Å². The summed E-state index contributed by atoms with van der Waals surface area (Å²) in [6.07, 6.45) is 0. The van der Waals surface area contributed by atoms with Crippen molar-refractivity contribution >= 4 is 52.5 Å². The van der Waals surface area contributed by atoms with Gasteiger partial charge in [0.1, 0.15) is 6.61 Å². The topological polar surface area (TPSA) is 100 Å². The van der Waals surface area contributed by atoms with E-state index in [0.717, 1.165) is 0 Å². The van der Waals surface area contributed by atoms with Crippen molar-refractivity contribution in [3.63, 3.8) is 0 Å². The standard InChI is InChI=1S/C25H23Cl2N3O4S/c1-15-22(25(32)34-11-10-33-2)23(16-6-8-17(26)9-7-16)20(13-28)24(29-15)35-14-21(31)30-19-5-3-4-18(27)12-19/h3-9,12,23,29H,10-11,14H2,1-2H3,(H,30,31)/t23-/m0/s1. The molecule has 0 aliphatic carbocycles. The number of esters is 1. The number of methoxy groups -OCH3 is 1. The second kappa shape index (κ2) is 12.7. The molecule has 1 heterocycles. The smallest absolute Gasteiger partial charge is 0.336 e. The first-order chi connectivity index (χ1) is 16.8. The molecule has 7 nitrogen and oxygen atoms in total. The molecule has 0 radical (unpaired) electrons. The second-order valence-electron chi connectivity index (χ2n) is 7.48. The molecule has 0 saturated heterocycles. The Hall–Kier alpha value is -2.96. The van der Waals surface area contributed by atoms with Crippen molar-refractivity contribution in [3.05, 3.63) is 86.0 Å². The monoisotopic (exact) mass is 531 g/mol. The van der Waals surface area contributed by atoms with E-state index < -0.39 is 11.9 Å². The molecule has 0 fully saturated rings. The van der Waals surface area contributed by atoms with Gasteiger partial charge in [0.2, 0.25) is 5.91 Å². The van der Waals surface area contributed by atoms with Crippen LogP contribution in [0.1, 0.15) is 18.4 Å². The Morgan fingerprint density at radius 1 is 1.14 bits per heavy atom. The highest BCUT2D eigenvalue weighted by atomic mass is 35.5. The van der Waals surface area contributed by atoms with Crippen molar-refractivity contribution in [2.75, 3.05) is 31.4 Å². The predicted octanol–water partition coefficient (Wildman–Crippen LogP) is 5.25. The van der Waals surface area contributed by atoms with Gasteiger partial charge in [0, 0.05) is 28.5 Å². The number of ether oxygens (including phenoxy) is 2. The summed E-state index contributed by atoms with van der Waals surface area (Å²) < 4.78 is 10.3. The number of anilines is 1. The number of carbonyl (C=O) groups excluding carboxylic acids is 2. The quantitative estimate of drug-likeness (QED) is 0.336. The lowest BCUT2D eigenvalue weighted by molar-refractivity contribution is -0.140. The molecule has 0 bridgehead atoms. The first-order valence-corrected chi connectivity index (χ1v) is 12.3. The van der Waals surface area contributed by atoms with Crippen molar-refractivity contribution < 1.29 is 19.1 Å². The molecule has 1 aliphatic rings. The van der Waals surface area contributed by atoms with E-state index in [4.69, 9.17) is 32.7 Å². The van der Waals surface area contributed by atoms with E-state index in [-0.39, 0.29) is 24.9 Å². The Balaban J connectivity index is 1.87. The molecule has 2 aromatic rings. The van der Waals surface area contributed by atoms with Gasteiger partial charge in [-0.15, -0.1) is 0 Å². The number of benzene rings is 2. The Kier molecular flexibility index (Phi) is 9.64. The number of allylic oxidation sites excluding steroid dienone is 2. The third-order valence-corrected chi connectivity index (χ3v) is 6.55. The molecule has 0 unspecified atom stereocenters. The maximum atomic E-state index is 13.0. The number of dihydropyridines is 1. The molecule has 10 heteroatoms. The van der Waals surface area contributed by atoms with Crippen LogP contribution < -0.4 is 10.6 Å². The fourth-order valence-corrected chi connectivity index (χ4v) is 4.69. The zero-order chi connectivity index (χ0) is 25.4. The van der Waals surface area contributed by atoms with E-state index in [9.17, 15) is 14.9 Å². The lowest BCUT2D eigenvalue weighted by Crippen LogP contribution is -2.29. The Morgan fingerprint density at radius 2 is 1.89 bits per heavy atom. The largest absolute Gasteiger partial charge is 0.460 e. The van der Waals surface area contributed by atoms with Crippen LogP contribution in [0.5, 0.6) is 0 Å². The molecule has 0 spiro atoms. The van der Waals surface area contributed by atoms with Crippen molar-refractivity contribution in [1.29, 1.82) is 5.26 Å². The van der Waals surface area contributed by atoms with Crippen molar-refractivity contribution in [2.24, 2.45) is 0 Å². The van der Waals surface area contributed by atoms with Crippen LogP contribution in [0, 0.1) is 11.3 Å². The molecule has 182 valence electrons. The molecular formula is C25H23Cl2N3O4S. The molecule has 3 rings (SSSR count). The van der Waals surface area contributed by atoms with Crippen LogP contribution in [-0.2, 0) is 19.1 Å². The minimum absolute atomic E-state index is 0.0360. The van der Waals surface area contributed by atoms with Gasteiger partial charge in [-0.25, -0.2) is 4.79 Å². The number of amides is 1. The lowest BCUT2D eigenvalue weighted by Gasteiger charge is -2.29. The third-order valence-electron chi connectivity index (χ3n) is 5.05. The molecule has 2 N–H and O–H groups in total. The fourth-order valence-electron chi connectivity index (χ4n) is 3.48. The summed E-state index contributed by atoms with van der Waals surface area (Å²) >= 11 is 13.2. The van der Waals surface area contributed by atoms with Crippen molar-refractivity contribution in [3.8, 4) is 6.07 Å². The van der Waals surface area contributed by atoms with E-state index in [0.29, 0.717) is 43.2 Å². The summed E-state index contributed by atoms with van der Waals surface area (Å²) in [6, 6.07) is 16.0. The van der Waals surface area contributed by atoms with Crippen LogP contribution in [0.4, 0.5) is 5.69 Å². The summed E-state index contributed by atoms with van der Waals surface area (Å²) in [5.74, 6) is -1.47. The van der Waals surface area contributed by atoms with Gasteiger partial charge in [0.25, 0.3) is 0 Å². The highest BCUT2D eigenvalue weighted by Gasteiger charge is 2.35. The van der Waals surface area contributed by atoms with Gasteiger partial charge < -0.3 is 20.1 Å². The number of nitrogens with zero attached hydrogens (tertiary/aromatic N) is 1. The maximum absolute atomic E-state index is 13.0. The van der Waals surface area contributed by atoms with Gasteiger partial charge in [-0.2, -0.15) is 5.26 Å². The van der Waals surface area contributed by atoms with Crippen LogP contribution in [0.2, 0.25) is 10.0 Å². The summed E-state index contributed by atoms with van der Waals surface area (Å²) in [4.78, 5) is 25.5. The average Bonchev–Trinajstić information content (AvgIpc) is 2.83. The Morgan fingerprint density at radius 3 is 2.54 bits per heavy atom. The first-order valence-electron chi connectivity index (χ1n) is 10.6. The summed E-state index contributed by atoms with van der Waals surface area (Å²) in [6.45, 7) is 2.06. The second-order valence-corrected chi connectivity index (χ2v) is 9.34. The van der Waals surface area contributed by atoms with Gasteiger partial charge >= 0.3 is 5.97 Å². The highest BCUT2D eigenvalue weighted by molar-refractivity contribution is 8.03. The number of rotatable bonds is 9. The number of hydrogen-bond acceptors (Lipinski definition) is 7. The third kappa shape index (κ3) is 7.03. The van der Waals surface area contributed by atoms with Crippen molar-refractivity contribution in [2.45, 2.75) is 12.8 Å². The molecule has 0 aromatic heterocycles. The van der Waals surface area contributed by atoms with Crippen LogP contribution in [0.3, 0.4) is 0 Å². The summed E-state index contributed by atoms with van der Waals surface area (Å²) in [5, 5.41) is 17.5. The van der Waals surface area contributed by atoms with E-state index in [2.05, 4.69) is 16.7 Å². The number of nitrogens with one attached hydrogen (secondary N) is 2. The molecule has 2 aromatic carbocycles. The number of carbonyl (C=O) groups is 2. The number of hydrogen-bond donors (Lipinski definition) is 2. The minimum Gasteiger partial charge on any atom is -0.460 e. The van der Waals surface area contributed by atoms with Crippen LogP contribution in [0.25, 0.3) is 0 Å². The number of nitriles is 1. The first kappa shape index (κ1) is 26.6. The number of thioether (sulfide) groups is 1. The van der Waals surface area contributed by atoms with Crippen LogP contribution >= 0.6 is 35.0 Å². The zero-order valence-corrected chi connectivity index (χ0v) is 21.4. The summed E-state index contributed by atoms with van der Waals surface area (Å²) in [5.41, 5.74) is 2.42. The maximum Gasteiger partial charge on any atom is 0.336 e. The van der Waals surface area contributed by atoms with Gasteiger partial charge in [-0.1, -0.05) is 53.2 Å². The number of halogens is 2. The molecule has 0 saturated carbocycles. The van der Waals surface area contributed by atoms with Crippen LogP contribution in [0.15, 0.2) is 70.4 Å². The SMILES string of the molecule is COCCOC(=O)C1=C(C)NC(SCC(=O)Nc2cccc(Cl)c2)=C(C#N)[C@@H]1c1ccc(Cl)cc1. The Bertz CT molecular complexity index is 1210. The molecule has 1 aliphatic heterocycles. The average molecular weight is 532 g/mol. The van der Waals surface area contributed by atoms with E-state index in [1.807, 2.05) is 0 Å². The predicted molar refractivity (Wildman–Crippen MR) is 138 cm³/mol. The Labute approximate surface area is 218 Å². The van der Waals surface area contributed by atoms with Crippen LogP contribution in [-0.4, -0.2) is 38.0 Å². The van der Waals surface area contributed by atoms with E-state index in [1.54, 1.807) is 55.5 Å². The fraction of sp³-hybridized carbons (Fsp3) is 0.240. The van der Waals surface area contributed by atoms with Gasteiger partial charge in [0.15, 0.2) is 0 Å². The van der Waals surface area contributed by atoms with E-state index in [1.165, 1.54) is 18.9 Å². The van der Waals surface area contributed by atoms with Gasteiger partial charge in [-0.05, 0) is 42.8 Å². The lowest BCUT2D eigenvalue weighted by atomic mass is 9.82. The van der Waals surface area contributed by atoms with E-state index >= 15 is 0 Å².